The second-order valence-electron chi connectivity index (χ2n) is 3.14. The van der Waals surface area contributed by atoms with Gasteiger partial charge in [-0.25, -0.2) is 0 Å². The number of carbonyl (C=O) groups excluding carboxylic acids is 2. The van der Waals surface area contributed by atoms with E-state index in [1.165, 1.54) is 18.5 Å². The van der Waals surface area contributed by atoms with Gasteiger partial charge in [0.1, 0.15) is 0 Å². The lowest BCUT2D eigenvalue weighted by Gasteiger charge is -2.07. The van der Waals surface area contributed by atoms with Crippen molar-refractivity contribution in [2.75, 3.05) is 13.1 Å². The highest BCUT2D eigenvalue weighted by Gasteiger charge is 2.15. The van der Waals surface area contributed by atoms with Gasteiger partial charge in [-0.3, -0.25) is 14.6 Å². The fourth-order valence-electron chi connectivity index (χ4n) is 1.28. The first kappa shape index (κ1) is 12.2. The standard InChI is InChI=1S/C11H15N3O2/c1-3-13-10(15)8-5-6-12-7-9(8)11(16)14-4-2/h5-7H,3-4H2,1-2H3,(H,13,15)(H,14,16). The van der Waals surface area contributed by atoms with Crippen molar-refractivity contribution in [3.05, 3.63) is 29.6 Å². The van der Waals surface area contributed by atoms with Crippen LogP contribution in [0, 0.1) is 0 Å². The molecule has 0 aromatic carbocycles. The number of aromatic nitrogens is 1. The first-order valence-electron chi connectivity index (χ1n) is 5.21. The molecule has 86 valence electrons. The van der Waals surface area contributed by atoms with Gasteiger partial charge in [-0.15, -0.1) is 0 Å². The van der Waals surface area contributed by atoms with E-state index in [-0.39, 0.29) is 11.8 Å². The molecule has 2 N–H and O–H groups in total. The molecule has 0 aliphatic carbocycles. The number of hydrogen-bond acceptors (Lipinski definition) is 3. The van der Waals surface area contributed by atoms with Gasteiger partial charge in [-0.05, 0) is 19.9 Å². The number of rotatable bonds is 4. The van der Waals surface area contributed by atoms with E-state index >= 15 is 0 Å². The Kier molecular flexibility index (Phi) is 4.44. The van der Waals surface area contributed by atoms with Crippen molar-refractivity contribution in [1.29, 1.82) is 0 Å². The van der Waals surface area contributed by atoms with Crippen molar-refractivity contribution in [1.82, 2.24) is 15.6 Å². The number of amides is 2. The van der Waals surface area contributed by atoms with E-state index in [4.69, 9.17) is 0 Å². The highest BCUT2D eigenvalue weighted by atomic mass is 16.2. The first-order valence-corrected chi connectivity index (χ1v) is 5.21. The summed E-state index contributed by atoms with van der Waals surface area (Å²) in [6.07, 6.45) is 2.89. The fourth-order valence-corrected chi connectivity index (χ4v) is 1.28. The van der Waals surface area contributed by atoms with Crippen molar-refractivity contribution in [3.8, 4) is 0 Å². The molecule has 16 heavy (non-hydrogen) atoms. The van der Waals surface area contributed by atoms with E-state index in [2.05, 4.69) is 15.6 Å². The average molecular weight is 221 g/mol. The van der Waals surface area contributed by atoms with Crippen LogP contribution in [0.5, 0.6) is 0 Å². The SMILES string of the molecule is CCNC(=O)c1ccncc1C(=O)NCC. The molecular formula is C11H15N3O2. The second kappa shape index (κ2) is 5.85. The minimum Gasteiger partial charge on any atom is -0.352 e. The third kappa shape index (κ3) is 2.79. The number of carbonyl (C=O) groups is 2. The van der Waals surface area contributed by atoms with E-state index in [0.29, 0.717) is 24.2 Å². The summed E-state index contributed by atoms with van der Waals surface area (Å²) in [5.41, 5.74) is 0.651. The molecule has 0 fully saturated rings. The molecule has 5 nitrogen and oxygen atoms in total. The molecule has 1 heterocycles. The predicted octanol–water partition coefficient (Wildman–Crippen LogP) is 0.581. The van der Waals surface area contributed by atoms with Crippen LogP contribution in [-0.2, 0) is 0 Å². The van der Waals surface area contributed by atoms with Gasteiger partial charge in [0.25, 0.3) is 11.8 Å². The maximum absolute atomic E-state index is 11.7. The van der Waals surface area contributed by atoms with Crippen LogP contribution >= 0.6 is 0 Å². The van der Waals surface area contributed by atoms with Crippen molar-refractivity contribution >= 4 is 11.8 Å². The van der Waals surface area contributed by atoms with Crippen LogP contribution in [0.1, 0.15) is 34.6 Å². The van der Waals surface area contributed by atoms with Crippen molar-refractivity contribution in [2.45, 2.75) is 13.8 Å². The highest BCUT2D eigenvalue weighted by Crippen LogP contribution is 2.06. The van der Waals surface area contributed by atoms with Gasteiger partial charge in [0.2, 0.25) is 0 Å². The van der Waals surface area contributed by atoms with Gasteiger partial charge in [-0.1, -0.05) is 0 Å². The van der Waals surface area contributed by atoms with E-state index in [9.17, 15) is 9.59 Å². The normalized spacial score (nSPS) is 9.62. The Labute approximate surface area is 94.3 Å². The molecule has 5 heteroatoms. The van der Waals surface area contributed by atoms with Crippen molar-refractivity contribution < 1.29 is 9.59 Å². The maximum Gasteiger partial charge on any atom is 0.253 e. The molecule has 1 rings (SSSR count). The molecule has 0 saturated carbocycles. The molecule has 0 saturated heterocycles. The minimum atomic E-state index is -0.281. The molecule has 0 radical (unpaired) electrons. The zero-order valence-electron chi connectivity index (χ0n) is 9.41. The molecule has 2 amide bonds. The van der Waals surface area contributed by atoms with Crippen molar-refractivity contribution in [3.63, 3.8) is 0 Å². The third-order valence-corrected chi connectivity index (χ3v) is 1.98. The number of hydrogen-bond donors (Lipinski definition) is 2. The molecular weight excluding hydrogens is 206 g/mol. The van der Waals surface area contributed by atoms with Gasteiger partial charge < -0.3 is 10.6 Å². The van der Waals surface area contributed by atoms with Crippen LogP contribution in [0.2, 0.25) is 0 Å². The van der Waals surface area contributed by atoms with Gasteiger partial charge in [0, 0.05) is 25.5 Å². The lowest BCUT2D eigenvalue weighted by atomic mass is 10.1. The van der Waals surface area contributed by atoms with Crippen LogP contribution < -0.4 is 10.6 Å². The summed E-state index contributed by atoms with van der Waals surface area (Å²) in [6.45, 7) is 4.68. The average Bonchev–Trinajstić information content (AvgIpc) is 2.30. The molecule has 0 unspecified atom stereocenters. The smallest absolute Gasteiger partial charge is 0.253 e. The molecule has 0 atom stereocenters. The zero-order valence-corrected chi connectivity index (χ0v) is 9.41. The van der Waals surface area contributed by atoms with Gasteiger partial charge in [0.05, 0.1) is 11.1 Å². The highest BCUT2D eigenvalue weighted by molar-refractivity contribution is 6.06. The Bertz CT molecular complexity index is 354. The Morgan fingerprint density at radius 1 is 1.12 bits per heavy atom. The topological polar surface area (TPSA) is 71.1 Å². The van der Waals surface area contributed by atoms with Crippen LogP contribution in [0.15, 0.2) is 18.5 Å². The van der Waals surface area contributed by atoms with E-state index in [0.717, 1.165) is 0 Å². The molecule has 0 bridgehead atoms. The van der Waals surface area contributed by atoms with E-state index in [1.54, 1.807) is 0 Å². The number of nitrogens with zero attached hydrogens (tertiary/aromatic N) is 1. The summed E-state index contributed by atoms with van der Waals surface area (Å²) >= 11 is 0. The third-order valence-electron chi connectivity index (χ3n) is 1.98. The van der Waals surface area contributed by atoms with Crippen molar-refractivity contribution in [2.24, 2.45) is 0 Å². The monoisotopic (exact) mass is 221 g/mol. The van der Waals surface area contributed by atoms with E-state index in [1.807, 2.05) is 13.8 Å². The lowest BCUT2D eigenvalue weighted by molar-refractivity contribution is 0.0921. The van der Waals surface area contributed by atoms with Gasteiger partial charge >= 0.3 is 0 Å². The fraction of sp³-hybridized carbons (Fsp3) is 0.364. The van der Waals surface area contributed by atoms with Gasteiger partial charge in [-0.2, -0.15) is 0 Å². The summed E-state index contributed by atoms with van der Waals surface area (Å²) in [7, 11) is 0. The zero-order chi connectivity index (χ0) is 12.0. The second-order valence-corrected chi connectivity index (χ2v) is 3.14. The van der Waals surface area contributed by atoms with Crippen LogP contribution in [0.3, 0.4) is 0 Å². The molecule has 0 aliphatic rings. The summed E-state index contributed by atoms with van der Waals surface area (Å²) in [5, 5.41) is 5.29. The summed E-state index contributed by atoms with van der Waals surface area (Å²) in [6, 6.07) is 1.54. The minimum absolute atomic E-state index is 0.258. The van der Waals surface area contributed by atoms with Crippen LogP contribution in [0.25, 0.3) is 0 Å². The maximum atomic E-state index is 11.7. The van der Waals surface area contributed by atoms with Crippen LogP contribution in [0.4, 0.5) is 0 Å². The van der Waals surface area contributed by atoms with E-state index < -0.39 is 0 Å². The summed E-state index contributed by atoms with van der Waals surface area (Å²) < 4.78 is 0. The Balaban J connectivity index is 3.00. The Morgan fingerprint density at radius 3 is 2.25 bits per heavy atom. The first-order chi connectivity index (χ1) is 7.70. The Morgan fingerprint density at radius 2 is 1.69 bits per heavy atom. The number of nitrogens with one attached hydrogen (secondary N) is 2. The molecule has 0 spiro atoms. The predicted molar refractivity (Wildman–Crippen MR) is 60.3 cm³/mol. The number of pyridine rings is 1. The molecule has 1 aromatic heterocycles. The largest absolute Gasteiger partial charge is 0.352 e. The van der Waals surface area contributed by atoms with Gasteiger partial charge in [0.15, 0.2) is 0 Å². The molecule has 1 aromatic rings. The lowest BCUT2D eigenvalue weighted by Crippen LogP contribution is -2.29. The van der Waals surface area contributed by atoms with Crippen LogP contribution in [-0.4, -0.2) is 29.9 Å². The quantitative estimate of drug-likeness (QED) is 0.781. The Hall–Kier alpha value is -1.91. The summed E-state index contributed by atoms with van der Waals surface area (Å²) in [4.78, 5) is 27.1. The molecule has 0 aliphatic heterocycles. The summed E-state index contributed by atoms with van der Waals surface area (Å²) in [5.74, 6) is -0.539.